The molecular weight excluding hydrogens is 288 g/mol. The number of hydrogen-bond donors (Lipinski definition) is 2. The maximum absolute atomic E-state index is 11.2. The highest BCUT2D eigenvalue weighted by Crippen LogP contribution is 2.08. The Labute approximate surface area is 129 Å². The lowest BCUT2D eigenvalue weighted by Gasteiger charge is -2.16. The topological polar surface area (TPSA) is 102 Å². The molecule has 0 aromatic carbocycles. The molecule has 0 amide bonds. The van der Waals surface area contributed by atoms with Gasteiger partial charge >= 0.3 is 5.97 Å². The highest BCUT2D eigenvalue weighted by atomic mass is 16.6. The van der Waals surface area contributed by atoms with Gasteiger partial charge in [0.15, 0.2) is 6.29 Å². The van der Waals surface area contributed by atoms with E-state index in [0.717, 1.165) is 25.9 Å². The summed E-state index contributed by atoms with van der Waals surface area (Å²) in [6.45, 7) is 0.902. The zero-order valence-electron chi connectivity index (χ0n) is 12.9. The fourth-order valence-electron chi connectivity index (χ4n) is 1.78. The minimum absolute atomic E-state index is 0.164. The molecule has 1 unspecified atom stereocenters. The summed E-state index contributed by atoms with van der Waals surface area (Å²) in [6.07, 6.45) is 4.04. The molecule has 1 saturated heterocycles. The van der Waals surface area contributed by atoms with Crippen LogP contribution in [0.4, 0.5) is 0 Å². The van der Waals surface area contributed by atoms with Crippen LogP contribution in [0, 0.1) is 5.41 Å². The van der Waals surface area contributed by atoms with Gasteiger partial charge in [-0.15, -0.1) is 0 Å². The number of nitrogens with zero attached hydrogens (tertiary/aromatic N) is 1. The lowest BCUT2D eigenvalue weighted by Crippen LogP contribution is -2.17. The van der Waals surface area contributed by atoms with E-state index in [-0.39, 0.29) is 12.3 Å². The molecule has 1 aromatic heterocycles. The summed E-state index contributed by atoms with van der Waals surface area (Å²) in [5.74, 6) is -0.441. The lowest BCUT2D eigenvalue weighted by atomic mass is 10.2. The van der Waals surface area contributed by atoms with Gasteiger partial charge in [-0.2, -0.15) is 0 Å². The molecule has 0 spiro atoms. The minimum Gasteiger partial charge on any atom is -0.465 e. The van der Waals surface area contributed by atoms with Crippen molar-refractivity contribution in [2.24, 2.45) is 0 Å². The maximum atomic E-state index is 11.2. The first kappa shape index (κ1) is 18.2. The van der Waals surface area contributed by atoms with Crippen LogP contribution in [0.5, 0.6) is 0 Å². The number of aliphatic hydroxyl groups excluding tert-OH is 1. The Morgan fingerprint density at radius 1 is 1.50 bits per heavy atom. The molecule has 7 nitrogen and oxygen atoms in total. The molecule has 1 fully saturated rings. The van der Waals surface area contributed by atoms with Crippen molar-refractivity contribution in [3.63, 3.8) is 0 Å². The largest absolute Gasteiger partial charge is 0.465 e. The quantitative estimate of drug-likeness (QED) is 0.643. The first-order chi connectivity index (χ1) is 10.6. The van der Waals surface area contributed by atoms with Gasteiger partial charge in [0.1, 0.15) is 0 Å². The highest BCUT2D eigenvalue weighted by Gasteiger charge is 2.09. The molecule has 1 aliphatic heterocycles. The second-order valence-electron chi connectivity index (χ2n) is 4.65. The van der Waals surface area contributed by atoms with Crippen molar-refractivity contribution >= 4 is 11.7 Å². The van der Waals surface area contributed by atoms with Crippen LogP contribution in [0.2, 0.25) is 0 Å². The van der Waals surface area contributed by atoms with Crippen molar-refractivity contribution in [3.05, 3.63) is 29.6 Å². The van der Waals surface area contributed by atoms with E-state index >= 15 is 0 Å². The van der Waals surface area contributed by atoms with Crippen LogP contribution < -0.4 is 0 Å². The Bertz CT molecular complexity index is 487. The number of ether oxygens (including phenoxy) is 3. The lowest BCUT2D eigenvalue weighted by molar-refractivity contribution is -0.123. The van der Waals surface area contributed by atoms with Crippen molar-refractivity contribution in [1.29, 1.82) is 5.41 Å². The summed E-state index contributed by atoms with van der Waals surface area (Å²) in [5.41, 5.74) is 1.02. The van der Waals surface area contributed by atoms with E-state index < -0.39 is 12.3 Å². The van der Waals surface area contributed by atoms with Crippen LogP contribution in [0.25, 0.3) is 0 Å². The summed E-state index contributed by atoms with van der Waals surface area (Å²) in [7, 11) is 2.81. The molecule has 0 bridgehead atoms. The Morgan fingerprint density at radius 3 is 2.77 bits per heavy atom. The van der Waals surface area contributed by atoms with Crippen molar-refractivity contribution in [2.45, 2.75) is 25.6 Å². The van der Waals surface area contributed by atoms with Crippen molar-refractivity contribution in [1.82, 2.24) is 4.98 Å². The number of aromatic nitrogens is 1. The fourth-order valence-corrected chi connectivity index (χ4v) is 1.78. The molecule has 2 rings (SSSR count). The van der Waals surface area contributed by atoms with Gasteiger partial charge in [-0.25, -0.2) is 4.79 Å². The Morgan fingerprint density at radius 2 is 2.27 bits per heavy atom. The molecular formula is C15H22N2O5. The zero-order valence-corrected chi connectivity index (χ0v) is 12.9. The summed E-state index contributed by atoms with van der Waals surface area (Å²) in [6, 6.07) is 3.04. The van der Waals surface area contributed by atoms with E-state index in [2.05, 4.69) is 9.72 Å². The van der Waals surface area contributed by atoms with Gasteiger partial charge in [0.05, 0.1) is 30.7 Å². The van der Waals surface area contributed by atoms with Crippen molar-refractivity contribution in [2.75, 3.05) is 27.4 Å². The molecule has 0 aliphatic carbocycles. The Balaban J connectivity index is 0.000000287. The summed E-state index contributed by atoms with van der Waals surface area (Å²) < 4.78 is 14.2. The first-order valence-corrected chi connectivity index (χ1v) is 6.99. The molecule has 0 saturated carbocycles. The van der Waals surface area contributed by atoms with E-state index in [9.17, 15) is 4.79 Å². The molecule has 122 valence electrons. The second-order valence-corrected chi connectivity index (χ2v) is 4.65. The maximum Gasteiger partial charge on any atom is 0.337 e. The molecule has 1 aliphatic rings. The third-order valence-electron chi connectivity index (χ3n) is 2.93. The number of pyridine rings is 1. The molecule has 2 N–H and O–H groups in total. The van der Waals surface area contributed by atoms with E-state index in [4.69, 9.17) is 20.0 Å². The summed E-state index contributed by atoms with van der Waals surface area (Å²) in [4.78, 5) is 15.2. The van der Waals surface area contributed by atoms with Crippen molar-refractivity contribution < 1.29 is 24.1 Å². The van der Waals surface area contributed by atoms with Crippen molar-refractivity contribution in [3.8, 4) is 0 Å². The number of carbonyl (C=O) groups is 1. The smallest absolute Gasteiger partial charge is 0.337 e. The van der Waals surface area contributed by atoms with Crippen LogP contribution in [0.15, 0.2) is 18.3 Å². The standard InChI is InChI=1S/C10H12N2O3.C5H10O2/c1-14-6-8(11)9-5-7(3-4-12-9)10(13)15-2;6-5-3-1-2-4-7-5/h3-5,11H,6H2,1-2H3;5-6H,1-4H2. The number of aliphatic hydroxyl groups is 1. The summed E-state index contributed by atoms with van der Waals surface area (Å²) >= 11 is 0. The highest BCUT2D eigenvalue weighted by molar-refractivity contribution is 5.99. The summed E-state index contributed by atoms with van der Waals surface area (Å²) in [5, 5.41) is 16.3. The monoisotopic (exact) mass is 310 g/mol. The number of methoxy groups -OCH3 is 2. The van der Waals surface area contributed by atoms with Gasteiger partial charge < -0.3 is 24.7 Å². The van der Waals surface area contributed by atoms with Crippen LogP contribution >= 0.6 is 0 Å². The first-order valence-electron chi connectivity index (χ1n) is 6.99. The van der Waals surface area contributed by atoms with Gasteiger partial charge in [-0.1, -0.05) is 0 Å². The van der Waals surface area contributed by atoms with Crippen LogP contribution in [0.3, 0.4) is 0 Å². The van der Waals surface area contributed by atoms with Crippen LogP contribution in [-0.2, 0) is 14.2 Å². The van der Waals surface area contributed by atoms with Gasteiger partial charge in [0, 0.05) is 19.9 Å². The number of nitrogens with one attached hydrogen (secondary N) is 1. The van der Waals surface area contributed by atoms with E-state index in [1.54, 1.807) is 0 Å². The minimum atomic E-state index is -0.464. The third-order valence-corrected chi connectivity index (χ3v) is 2.93. The van der Waals surface area contributed by atoms with Gasteiger partial charge in [0.25, 0.3) is 0 Å². The molecule has 1 atom stereocenters. The number of rotatable bonds is 4. The number of carbonyl (C=O) groups excluding carboxylic acids is 1. The third kappa shape index (κ3) is 6.30. The Kier molecular flexibility index (Phi) is 8.27. The van der Waals surface area contributed by atoms with Crippen LogP contribution in [0.1, 0.15) is 35.3 Å². The van der Waals surface area contributed by atoms with Gasteiger partial charge in [-0.3, -0.25) is 4.98 Å². The van der Waals surface area contributed by atoms with E-state index in [0.29, 0.717) is 11.3 Å². The average molecular weight is 310 g/mol. The molecule has 22 heavy (non-hydrogen) atoms. The van der Waals surface area contributed by atoms with Gasteiger partial charge in [0.2, 0.25) is 0 Å². The number of hydrogen-bond acceptors (Lipinski definition) is 7. The second kappa shape index (κ2) is 9.99. The zero-order chi connectivity index (χ0) is 16.4. The Hall–Kier alpha value is -1.83. The molecule has 0 radical (unpaired) electrons. The normalized spacial score (nSPS) is 17.1. The SMILES string of the molecule is COCC(=N)c1cc(C(=O)OC)ccn1.OC1CCCCO1. The van der Waals surface area contributed by atoms with E-state index in [1.807, 2.05) is 0 Å². The fraction of sp³-hybridized carbons (Fsp3) is 0.533. The molecule has 1 aromatic rings. The predicted octanol–water partition coefficient (Wildman–Crippen LogP) is 1.39. The average Bonchev–Trinajstić information content (AvgIpc) is 2.56. The van der Waals surface area contributed by atoms with E-state index in [1.165, 1.54) is 32.5 Å². The predicted molar refractivity (Wildman–Crippen MR) is 80.1 cm³/mol. The van der Waals surface area contributed by atoms with Gasteiger partial charge in [-0.05, 0) is 31.4 Å². The number of esters is 1. The molecule has 2 heterocycles. The molecule has 7 heteroatoms. The van der Waals surface area contributed by atoms with Crippen LogP contribution in [-0.4, -0.2) is 55.5 Å².